The van der Waals surface area contributed by atoms with Gasteiger partial charge in [-0.2, -0.15) is 9.61 Å². The number of carbonyl (C=O) groups excluding carboxylic acids is 1. The number of aromatic nitrogens is 4. The van der Waals surface area contributed by atoms with Crippen molar-refractivity contribution in [2.75, 3.05) is 24.8 Å². The van der Waals surface area contributed by atoms with Crippen LogP contribution in [0.3, 0.4) is 0 Å². The van der Waals surface area contributed by atoms with Crippen LogP contribution in [-0.4, -0.2) is 57.5 Å². The summed E-state index contributed by atoms with van der Waals surface area (Å²) in [5.74, 6) is 0.540. The highest BCUT2D eigenvalue weighted by Gasteiger charge is 2.33. The summed E-state index contributed by atoms with van der Waals surface area (Å²) in [7, 11) is 3.44. The highest BCUT2D eigenvalue weighted by atomic mass is 19.1. The van der Waals surface area contributed by atoms with Crippen LogP contribution in [-0.2, 0) is 4.74 Å². The highest BCUT2D eigenvalue weighted by molar-refractivity contribution is 6.00. The molecule has 35 heavy (non-hydrogen) atoms. The van der Waals surface area contributed by atoms with Crippen LogP contribution in [0.15, 0.2) is 35.4 Å². The Kier molecular flexibility index (Phi) is 6.42. The molecule has 0 spiro atoms. The first-order valence-corrected chi connectivity index (χ1v) is 12.0. The summed E-state index contributed by atoms with van der Waals surface area (Å²) in [5, 5.41) is 13.1. The molecule has 2 saturated carbocycles. The van der Waals surface area contributed by atoms with Crippen molar-refractivity contribution >= 4 is 28.9 Å². The van der Waals surface area contributed by atoms with Crippen molar-refractivity contribution in [1.82, 2.24) is 24.5 Å². The lowest BCUT2D eigenvalue weighted by Gasteiger charge is -2.30. The Labute approximate surface area is 201 Å². The van der Waals surface area contributed by atoms with E-state index in [-0.39, 0.29) is 23.3 Å². The number of methoxy groups -OCH3 is 1. The number of carbonyl (C=O) groups is 1. The van der Waals surface area contributed by atoms with Gasteiger partial charge in [0.25, 0.3) is 11.5 Å². The minimum Gasteiger partial charge on any atom is -0.381 e. The molecule has 0 radical (unpaired) electrons. The predicted molar refractivity (Wildman–Crippen MR) is 130 cm³/mol. The van der Waals surface area contributed by atoms with Crippen molar-refractivity contribution in [1.29, 1.82) is 0 Å². The minimum absolute atomic E-state index is 0.0715. The minimum atomic E-state index is -1.03. The summed E-state index contributed by atoms with van der Waals surface area (Å²) in [6.07, 6.45) is 7.15. The molecule has 11 heteroatoms. The van der Waals surface area contributed by atoms with Crippen molar-refractivity contribution in [3.63, 3.8) is 0 Å². The number of amides is 1. The zero-order valence-electron chi connectivity index (χ0n) is 19.8. The average Bonchev–Trinajstić information content (AvgIpc) is 3.31. The number of anilines is 3. The Bertz CT molecular complexity index is 1290. The number of nitrogens with one attached hydrogen (secondary N) is 3. The fraction of sp³-hybridized carbons (Fsp3) is 0.500. The van der Waals surface area contributed by atoms with E-state index in [0.717, 1.165) is 25.7 Å². The topological polar surface area (TPSA) is 115 Å². The van der Waals surface area contributed by atoms with Crippen molar-refractivity contribution in [2.45, 2.75) is 62.9 Å². The maximum atomic E-state index is 13.7. The first-order valence-electron chi connectivity index (χ1n) is 12.0. The fourth-order valence-corrected chi connectivity index (χ4v) is 4.85. The molecule has 3 aromatic heterocycles. The van der Waals surface area contributed by atoms with E-state index < -0.39 is 18.1 Å². The number of hydrogen-bond donors (Lipinski definition) is 3. The number of halogens is 1. The molecule has 1 amide bonds. The smallest absolute Gasteiger partial charge is 0.274 e. The molecular formula is C24H30FN7O3. The summed E-state index contributed by atoms with van der Waals surface area (Å²) >= 11 is 0. The lowest BCUT2D eigenvalue weighted by Crippen LogP contribution is -2.48. The van der Waals surface area contributed by atoms with Crippen molar-refractivity contribution < 1.29 is 13.9 Å². The molecule has 1 unspecified atom stereocenters. The average molecular weight is 484 g/mol. The standard InChI is InChI=1S/C24H30FN7O3/c1-26-21-12-20(30-22-16(13-27-32(21)22)23(33)29-18-9-8-17(18)25)28-19-7-4-10-31(24(19)34)14-5-3-6-15(11-14)35-2/h4,7,10,12-15,17-18,26H,3,5-6,8-9,11H2,1-2H3,(H,28,30)(H,29,33)/t14-,15-,17-,18?/m0/s1. The largest absolute Gasteiger partial charge is 0.381 e. The second-order valence-corrected chi connectivity index (χ2v) is 9.18. The molecule has 0 aromatic carbocycles. The van der Waals surface area contributed by atoms with Gasteiger partial charge < -0.3 is 25.3 Å². The van der Waals surface area contributed by atoms with E-state index >= 15 is 0 Å². The summed E-state index contributed by atoms with van der Waals surface area (Å²) in [6, 6.07) is 4.85. The second kappa shape index (κ2) is 9.65. The van der Waals surface area contributed by atoms with Crippen LogP contribution >= 0.6 is 0 Å². The predicted octanol–water partition coefficient (Wildman–Crippen LogP) is 3.04. The lowest BCUT2D eigenvalue weighted by molar-refractivity contribution is 0.0525. The first kappa shape index (κ1) is 23.3. The second-order valence-electron chi connectivity index (χ2n) is 9.18. The Morgan fingerprint density at radius 2 is 2.11 bits per heavy atom. The molecule has 10 nitrogen and oxygen atoms in total. The molecule has 2 aliphatic rings. The van der Waals surface area contributed by atoms with Crippen LogP contribution in [0.5, 0.6) is 0 Å². The van der Waals surface area contributed by atoms with Gasteiger partial charge in [0.1, 0.15) is 29.1 Å². The van der Waals surface area contributed by atoms with Gasteiger partial charge >= 0.3 is 0 Å². The van der Waals surface area contributed by atoms with E-state index in [1.807, 2.05) is 12.3 Å². The van der Waals surface area contributed by atoms with Gasteiger partial charge in [0.15, 0.2) is 5.65 Å². The van der Waals surface area contributed by atoms with E-state index in [2.05, 4.69) is 26.0 Å². The number of fused-ring (bicyclic) bond motifs is 1. The molecule has 3 N–H and O–H groups in total. The molecule has 0 aliphatic heterocycles. The maximum absolute atomic E-state index is 13.7. The van der Waals surface area contributed by atoms with Crippen LogP contribution in [0.1, 0.15) is 54.9 Å². The van der Waals surface area contributed by atoms with Crippen molar-refractivity contribution in [2.24, 2.45) is 0 Å². The van der Waals surface area contributed by atoms with E-state index in [1.165, 1.54) is 10.7 Å². The van der Waals surface area contributed by atoms with E-state index in [4.69, 9.17) is 4.74 Å². The lowest BCUT2D eigenvalue weighted by atomic mass is 9.90. The molecule has 4 atom stereocenters. The Morgan fingerprint density at radius 1 is 1.26 bits per heavy atom. The zero-order chi connectivity index (χ0) is 24.5. The summed E-state index contributed by atoms with van der Waals surface area (Å²) in [5.41, 5.74) is 0.777. The third kappa shape index (κ3) is 4.47. The van der Waals surface area contributed by atoms with Crippen LogP contribution in [0.4, 0.5) is 21.7 Å². The van der Waals surface area contributed by atoms with Gasteiger partial charge in [-0.1, -0.05) is 0 Å². The van der Waals surface area contributed by atoms with Crippen LogP contribution in [0.2, 0.25) is 0 Å². The van der Waals surface area contributed by atoms with E-state index in [1.54, 1.807) is 30.9 Å². The molecule has 0 saturated heterocycles. The van der Waals surface area contributed by atoms with Crippen molar-refractivity contribution in [3.05, 3.63) is 46.5 Å². The van der Waals surface area contributed by atoms with Crippen LogP contribution in [0, 0.1) is 0 Å². The number of hydrogen-bond acceptors (Lipinski definition) is 7. The molecular weight excluding hydrogens is 453 g/mol. The van der Waals surface area contributed by atoms with Gasteiger partial charge in [0.2, 0.25) is 0 Å². The van der Waals surface area contributed by atoms with Gasteiger partial charge in [0, 0.05) is 32.5 Å². The quantitative estimate of drug-likeness (QED) is 0.473. The molecule has 3 aromatic rings. The molecule has 2 fully saturated rings. The number of ether oxygens (including phenoxy) is 1. The molecule has 5 rings (SSSR count). The maximum Gasteiger partial charge on any atom is 0.274 e. The number of rotatable bonds is 7. The van der Waals surface area contributed by atoms with Gasteiger partial charge in [-0.3, -0.25) is 9.59 Å². The number of alkyl halides is 1. The summed E-state index contributed by atoms with van der Waals surface area (Å²) in [6.45, 7) is 0. The molecule has 2 aliphatic carbocycles. The summed E-state index contributed by atoms with van der Waals surface area (Å²) < 4.78 is 22.5. The third-order valence-electron chi connectivity index (χ3n) is 7.04. The highest BCUT2D eigenvalue weighted by Crippen LogP contribution is 2.29. The van der Waals surface area contributed by atoms with Gasteiger partial charge in [-0.25, -0.2) is 9.37 Å². The summed E-state index contributed by atoms with van der Waals surface area (Å²) in [4.78, 5) is 30.7. The Morgan fingerprint density at radius 3 is 2.83 bits per heavy atom. The zero-order valence-corrected chi connectivity index (χ0v) is 19.8. The third-order valence-corrected chi connectivity index (χ3v) is 7.04. The Hall–Kier alpha value is -3.47. The fourth-order valence-electron chi connectivity index (χ4n) is 4.85. The Balaban J connectivity index is 1.44. The van der Waals surface area contributed by atoms with E-state index in [9.17, 15) is 14.0 Å². The van der Waals surface area contributed by atoms with Crippen molar-refractivity contribution in [3.8, 4) is 0 Å². The van der Waals surface area contributed by atoms with Crippen LogP contribution < -0.4 is 21.5 Å². The number of pyridine rings is 1. The molecule has 3 heterocycles. The molecule has 0 bridgehead atoms. The first-order chi connectivity index (χ1) is 17.0. The van der Waals surface area contributed by atoms with Crippen LogP contribution in [0.25, 0.3) is 5.65 Å². The van der Waals surface area contributed by atoms with Gasteiger partial charge in [-0.15, -0.1) is 0 Å². The number of nitrogens with zero attached hydrogens (tertiary/aromatic N) is 4. The molecule has 186 valence electrons. The normalized spacial score (nSPS) is 24.1. The van der Waals surface area contributed by atoms with Gasteiger partial charge in [-0.05, 0) is 50.7 Å². The van der Waals surface area contributed by atoms with Gasteiger partial charge in [0.05, 0.1) is 18.3 Å². The SMILES string of the molecule is CNc1cc(Nc2cccn([C@H]3CCC[C@H](OC)C3)c2=O)nc2c(C(=O)NC3CC[C@@H]3F)cnn12. The van der Waals surface area contributed by atoms with E-state index in [0.29, 0.717) is 35.8 Å². The monoisotopic (exact) mass is 483 g/mol.